The highest BCUT2D eigenvalue weighted by Crippen LogP contribution is 2.29. The molecule has 0 spiro atoms. The molecular formula is C26H36F3N3O6. The van der Waals surface area contributed by atoms with Gasteiger partial charge in [0.1, 0.15) is 18.8 Å². The first-order chi connectivity index (χ1) is 17.9. The van der Waals surface area contributed by atoms with Gasteiger partial charge in [0.15, 0.2) is 0 Å². The summed E-state index contributed by atoms with van der Waals surface area (Å²) in [4.78, 5) is 41.9. The van der Waals surface area contributed by atoms with E-state index in [4.69, 9.17) is 14.2 Å². The molecule has 3 atom stereocenters. The predicted molar refractivity (Wildman–Crippen MR) is 133 cm³/mol. The van der Waals surface area contributed by atoms with Gasteiger partial charge in [0.25, 0.3) is 5.91 Å². The predicted octanol–water partition coefficient (Wildman–Crippen LogP) is 3.34. The van der Waals surface area contributed by atoms with E-state index in [1.807, 2.05) is 13.8 Å². The molecule has 1 aromatic rings. The molecule has 9 nitrogen and oxygen atoms in total. The van der Waals surface area contributed by atoms with Crippen LogP contribution in [0.25, 0.3) is 0 Å². The highest BCUT2D eigenvalue weighted by Gasteiger charge is 2.34. The fourth-order valence-electron chi connectivity index (χ4n) is 4.72. The van der Waals surface area contributed by atoms with Gasteiger partial charge in [-0.3, -0.25) is 14.4 Å². The summed E-state index contributed by atoms with van der Waals surface area (Å²) in [5.74, 6) is -1.76. The second-order valence-corrected chi connectivity index (χ2v) is 10.0. The number of fused-ring (bicyclic) bond motifs is 1. The third kappa shape index (κ3) is 7.83. The molecule has 0 radical (unpaired) electrons. The van der Waals surface area contributed by atoms with Gasteiger partial charge in [-0.2, -0.15) is 13.2 Å². The van der Waals surface area contributed by atoms with E-state index >= 15 is 0 Å². The Hall–Kier alpha value is -2.86. The van der Waals surface area contributed by atoms with Gasteiger partial charge >= 0.3 is 6.18 Å². The zero-order chi connectivity index (χ0) is 28.0. The van der Waals surface area contributed by atoms with Gasteiger partial charge in [0.2, 0.25) is 11.8 Å². The number of ether oxygens (including phenoxy) is 3. The number of likely N-dealkylation sites (N-methyl/N-ethyl adjacent to an activating group) is 1. The first-order valence-corrected chi connectivity index (χ1v) is 12.7. The van der Waals surface area contributed by atoms with E-state index < -0.39 is 18.5 Å². The van der Waals surface area contributed by atoms with Crippen LogP contribution in [-0.2, 0) is 19.1 Å². The minimum Gasteiger partial charge on any atom is -0.491 e. The number of carbonyl (C=O) groups is 3. The number of halogens is 3. The number of nitrogens with zero attached hydrogens (tertiary/aromatic N) is 2. The van der Waals surface area contributed by atoms with Crippen LogP contribution < -0.4 is 10.1 Å². The van der Waals surface area contributed by atoms with Crippen molar-refractivity contribution in [3.63, 3.8) is 0 Å². The van der Waals surface area contributed by atoms with Gasteiger partial charge in [-0.15, -0.1) is 0 Å². The number of anilines is 1. The van der Waals surface area contributed by atoms with Crippen molar-refractivity contribution in [3.8, 4) is 5.75 Å². The summed E-state index contributed by atoms with van der Waals surface area (Å²) in [6, 6.07) is 3.71. The molecule has 12 heteroatoms. The standard InChI is InChI=1S/C26H36F3N3O6/c1-16-13-32(24(34)18-7-9-37-10-8-18)17(2)15-38-21-11-19(30-23(33)12-26(27,28)29)5-6-20(21)25(35)31(3)14-22(16)36-4/h5-6,11,16-18,22H,7-10,12-15H2,1-4H3,(H,30,33)/t16-,17+,22+/m1/s1. The topological polar surface area (TPSA) is 97.4 Å². The molecule has 0 saturated carbocycles. The van der Waals surface area contributed by atoms with E-state index in [0.29, 0.717) is 32.6 Å². The molecule has 38 heavy (non-hydrogen) atoms. The van der Waals surface area contributed by atoms with Crippen LogP contribution in [0.5, 0.6) is 5.75 Å². The van der Waals surface area contributed by atoms with Crippen LogP contribution in [0.4, 0.5) is 18.9 Å². The van der Waals surface area contributed by atoms with Crippen molar-refractivity contribution in [1.29, 1.82) is 0 Å². The Kier molecular flexibility index (Phi) is 10.00. The summed E-state index contributed by atoms with van der Waals surface area (Å²) in [5, 5.41) is 2.20. The normalized spacial score (nSPS) is 24.1. The smallest absolute Gasteiger partial charge is 0.397 e. The quantitative estimate of drug-likeness (QED) is 0.626. The molecule has 1 aromatic carbocycles. The molecule has 0 aromatic heterocycles. The second kappa shape index (κ2) is 12.8. The van der Waals surface area contributed by atoms with Crippen molar-refractivity contribution in [1.82, 2.24) is 9.80 Å². The van der Waals surface area contributed by atoms with E-state index in [-0.39, 0.29) is 65.9 Å². The number of hydrogen-bond donors (Lipinski definition) is 1. The van der Waals surface area contributed by atoms with Crippen LogP contribution in [0.3, 0.4) is 0 Å². The van der Waals surface area contributed by atoms with Crippen LogP contribution >= 0.6 is 0 Å². The molecule has 212 valence electrons. The molecule has 1 N–H and O–H groups in total. The Bertz CT molecular complexity index is 999. The van der Waals surface area contributed by atoms with Crippen LogP contribution in [0, 0.1) is 11.8 Å². The summed E-state index contributed by atoms with van der Waals surface area (Å²) in [7, 11) is 3.18. The molecule has 3 amide bonds. The fraction of sp³-hybridized carbons (Fsp3) is 0.654. The van der Waals surface area contributed by atoms with Crippen molar-refractivity contribution >= 4 is 23.4 Å². The lowest BCUT2D eigenvalue weighted by Crippen LogP contribution is -2.50. The SMILES string of the molecule is CO[C@H]1CN(C)C(=O)c2ccc(NC(=O)CC(F)(F)F)cc2OC[C@H](C)N(C(=O)C2CCOCC2)C[C@H]1C. The summed E-state index contributed by atoms with van der Waals surface area (Å²) in [6.45, 7) is 5.53. The Balaban J connectivity index is 1.92. The maximum Gasteiger partial charge on any atom is 0.397 e. The summed E-state index contributed by atoms with van der Waals surface area (Å²) < 4.78 is 55.0. The monoisotopic (exact) mass is 543 g/mol. The lowest BCUT2D eigenvalue weighted by molar-refractivity contribution is -0.150. The molecule has 2 aliphatic rings. The van der Waals surface area contributed by atoms with Gasteiger partial charge in [0.05, 0.1) is 17.7 Å². The zero-order valence-electron chi connectivity index (χ0n) is 22.2. The second-order valence-electron chi connectivity index (χ2n) is 10.0. The number of amides is 3. The van der Waals surface area contributed by atoms with Crippen LogP contribution in [0.1, 0.15) is 43.5 Å². The number of benzene rings is 1. The molecule has 2 heterocycles. The summed E-state index contributed by atoms with van der Waals surface area (Å²) in [5.41, 5.74) is 0.241. The number of methoxy groups -OCH3 is 1. The molecular weight excluding hydrogens is 507 g/mol. The molecule has 0 bridgehead atoms. The number of nitrogens with one attached hydrogen (secondary N) is 1. The van der Waals surface area contributed by atoms with Crippen LogP contribution in [-0.4, -0.2) is 92.9 Å². The average molecular weight is 544 g/mol. The Morgan fingerprint density at radius 1 is 1.16 bits per heavy atom. The van der Waals surface area contributed by atoms with E-state index in [2.05, 4.69) is 5.32 Å². The molecule has 1 fully saturated rings. The van der Waals surface area contributed by atoms with Crippen molar-refractivity contribution in [2.45, 2.75) is 51.4 Å². The highest BCUT2D eigenvalue weighted by atomic mass is 19.4. The fourth-order valence-corrected chi connectivity index (χ4v) is 4.72. The van der Waals surface area contributed by atoms with Crippen molar-refractivity contribution in [2.24, 2.45) is 11.8 Å². The molecule has 3 rings (SSSR count). The third-order valence-electron chi connectivity index (χ3n) is 6.95. The van der Waals surface area contributed by atoms with Crippen molar-refractivity contribution in [2.75, 3.05) is 52.4 Å². The molecule has 0 aliphatic carbocycles. The average Bonchev–Trinajstić information content (AvgIpc) is 2.86. The Morgan fingerprint density at radius 2 is 1.84 bits per heavy atom. The van der Waals surface area contributed by atoms with Crippen molar-refractivity contribution < 1.29 is 41.8 Å². The van der Waals surface area contributed by atoms with E-state index in [9.17, 15) is 27.6 Å². The molecule has 1 saturated heterocycles. The van der Waals surface area contributed by atoms with Gasteiger partial charge in [-0.05, 0) is 31.9 Å². The maximum atomic E-state index is 13.5. The van der Waals surface area contributed by atoms with Gasteiger partial charge in [-0.25, -0.2) is 0 Å². The number of rotatable bonds is 4. The number of alkyl halides is 3. The minimum atomic E-state index is -4.65. The number of hydrogen-bond acceptors (Lipinski definition) is 6. The van der Waals surface area contributed by atoms with E-state index in [1.54, 1.807) is 19.1 Å². The Morgan fingerprint density at radius 3 is 2.47 bits per heavy atom. The Labute approximate surface area is 220 Å². The zero-order valence-corrected chi connectivity index (χ0v) is 22.2. The lowest BCUT2D eigenvalue weighted by atomic mass is 9.95. The van der Waals surface area contributed by atoms with Gasteiger partial charge in [-0.1, -0.05) is 6.92 Å². The third-order valence-corrected chi connectivity index (χ3v) is 6.95. The maximum absolute atomic E-state index is 13.5. The van der Waals surface area contributed by atoms with E-state index in [1.165, 1.54) is 23.1 Å². The van der Waals surface area contributed by atoms with Gasteiger partial charge < -0.3 is 29.3 Å². The first kappa shape index (κ1) is 29.7. The molecule has 2 aliphatic heterocycles. The van der Waals surface area contributed by atoms with Crippen LogP contribution in [0.2, 0.25) is 0 Å². The van der Waals surface area contributed by atoms with Gasteiger partial charge in [0, 0.05) is 64.1 Å². The largest absolute Gasteiger partial charge is 0.491 e. The molecule has 0 unspecified atom stereocenters. The van der Waals surface area contributed by atoms with E-state index in [0.717, 1.165) is 0 Å². The first-order valence-electron chi connectivity index (χ1n) is 12.7. The van der Waals surface area contributed by atoms with Crippen molar-refractivity contribution in [3.05, 3.63) is 23.8 Å². The van der Waals surface area contributed by atoms with Crippen LogP contribution in [0.15, 0.2) is 18.2 Å². The highest BCUT2D eigenvalue weighted by molar-refractivity contribution is 5.98. The lowest BCUT2D eigenvalue weighted by Gasteiger charge is -2.38. The summed E-state index contributed by atoms with van der Waals surface area (Å²) >= 11 is 0. The number of carbonyl (C=O) groups excluding carboxylic acids is 3. The minimum absolute atomic E-state index is 0.000909. The summed E-state index contributed by atoms with van der Waals surface area (Å²) in [6.07, 6.45) is -5.38.